The molecule has 9 nitrogen and oxygen atoms in total. The van der Waals surface area contributed by atoms with Crippen LogP contribution in [0.2, 0.25) is 5.02 Å². The fraction of sp³-hybridized carbons (Fsp3) is 0.269. The summed E-state index contributed by atoms with van der Waals surface area (Å²) in [7, 11) is -1.22. The average molecular weight is 596 g/mol. The lowest BCUT2D eigenvalue weighted by Crippen LogP contribution is -2.30. The standard InChI is InChI=1S/C26H25ClF3N5O4S/c27-21-14-18(4-5-22(21)39-19-3-1-2-17(13-19)26(28,29)30)35-24-20-12-16(6-7-31-23(20)33-15-34-24)25(37)32-8-10-40(38)11-9-36/h1-5,12-15,36H,6-11H2,(H,32,37)(H2,31,33,34,35). The van der Waals surface area contributed by atoms with Crippen molar-refractivity contribution in [1.82, 2.24) is 15.3 Å². The molecule has 1 amide bonds. The van der Waals surface area contributed by atoms with Crippen LogP contribution in [0.1, 0.15) is 17.5 Å². The number of hydrogen-bond acceptors (Lipinski definition) is 8. The third kappa shape index (κ3) is 7.71. The first-order chi connectivity index (χ1) is 19.1. The van der Waals surface area contributed by atoms with Crippen LogP contribution in [-0.4, -0.2) is 56.4 Å². The zero-order valence-corrected chi connectivity index (χ0v) is 22.5. The molecule has 0 radical (unpaired) electrons. The third-order valence-corrected chi connectivity index (χ3v) is 7.29. The molecule has 0 saturated carbocycles. The van der Waals surface area contributed by atoms with Gasteiger partial charge in [-0.2, -0.15) is 13.2 Å². The number of hydrogen-bond donors (Lipinski definition) is 4. The van der Waals surface area contributed by atoms with Crippen molar-refractivity contribution in [2.24, 2.45) is 0 Å². The van der Waals surface area contributed by atoms with Crippen molar-refractivity contribution in [2.45, 2.75) is 12.6 Å². The largest absolute Gasteiger partial charge is 0.456 e. The first-order valence-electron chi connectivity index (χ1n) is 12.1. The number of rotatable bonds is 10. The van der Waals surface area contributed by atoms with E-state index in [1.54, 1.807) is 12.1 Å². The summed E-state index contributed by atoms with van der Waals surface area (Å²) >= 11 is 6.37. The minimum atomic E-state index is -4.50. The zero-order chi connectivity index (χ0) is 28.7. The Morgan fingerprint density at radius 1 is 1.18 bits per heavy atom. The SMILES string of the molecule is O=C(NCCS(=O)CCO)C1=Cc2c(ncnc2Nc2ccc(Oc3cccc(C(F)(F)F)c3)c(Cl)c2)NCC1. The molecule has 4 N–H and O–H groups in total. The third-order valence-electron chi connectivity index (χ3n) is 5.70. The highest BCUT2D eigenvalue weighted by Crippen LogP contribution is 2.36. The van der Waals surface area contributed by atoms with Crippen LogP contribution in [0, 0.1) is 0 Å². The Labute approximate surface area is 235 Å². The zero-order valence-electron chi connectivity index (χ0n) is 20.9. The lowest BCUT2D eigenvalue weighted by molar-refractivity contribution is -0.137. The maximum absolute atomic E-state index is 13.0. The van der Waals surface area contributed by atoms with Crippen LogP contribution in [-0.2, 0) is 21.8 Å². The summed E-state index contributed by atoms with van der Waals surface area (Å²) in [5.74, 6) is 1.12. The van der Waals surface area contributed by atoms with Gasteiger partial charge in [0.2, 0.25) is 5.91 Å². The van der Waals surface area contributed by atoms with Gasteiger partial charge in [-0.3, -0.25) is 9.00 Å². The number of halogens is 4. The molecule has 4 rings (SSSR count). The predicted octanol–water partition coefficient (Wildman–Crippen LogP) is 4.74. The molecule has 2 aromatic carbocycles. The molecule has 1 aliphatic heterocycles. The number of ether oxygens (including phenoxy) is 1. The van der Waals surface area contributed by atoms with Crippen molar-refractivity contribution in [3.05, 3.63) is 70.5 Å². The van der Waals surface area contributed by atoms with E-state index in [-0.39, 0.29) is 47.1 Å². The van der Waals surface area contributed by atoms with Gasteiger partial charge >= 0.3 is 6.18 Å². The quantitative estimate of drug-likeness (QED) is 0.265. The molecule has 0 fully saturated rings. The van der Waals surface area contributed by atoms with Gasteiger partial charge in [-0.1, -0.05) is 17.7 Å². The number of aliphatic hydroxyl groups is 1. The number of carbonyl (C=O) groups excluding carboxylic acids is 1. The summed E-state index contributed by atoms with van der Waals surface area (Å²) in [6.07, 6.45) is -1.06. The summed E-state index contributed by atoms with van der Waals surface area (Å²) in [6, 6.07) is 9.15. The van der Waals surface area contributed by atoms with Crippen LogP contribution in [0.3, 0.4) is 0 Å². The van der Waals surface area contributed by atoms with E-state index < -0.39 is 22.5 Å². The Hall–Kier alpha value is -3.68. The van der Waals surface area contributed by atoms with E-state index in [1.807, 2.05) is 0 Å². The van der Waals surface area contributed by atoms with Gasteiger partial charge in [-0.25, -0.2) is 9.97 Å². The molecule has 1 aliphatic rings. The molecule has 3 aromatic rings. The molecule has 40 heavy (non-hydrogen) atoms. The minimum absolute atomic E-state index is 0.0137. The molecule has 0 bridgehead atoms. The highest BCUT2D eigenvalue weighted by atomic mass is 35.5. The predicted molar refractivity (Wildman–Crippen MR) is 147 cm³/mol. The number of aliphatic hydroxyl groups excluding tert-OH is 1. The number of nitrogens with one attached hydrogen (secondary N) is 3. The fourth-order valence-electron chi connectivity index (χ4n) is 3.77. The topological polar surface area (TPSA) is 125 Å². The molecule has 1 atom stereocenters. The first-order valence-corrected chi connectivity index (χ1v) is 14.0. The average Bonchev–Trinajstić information content (AvgIpc) is 3.14. The van der Waals surface area contributed by atoms with Crippen molar-refractivity contribution in [3.8, 4) is 11.5 Å². The van der Waals surface area contributed by atoms with E-state index in [0.29, 0.717) is 41.4 Å². The van der Waals surface area contributed by atoms with E-state index in [2.05, 4.69) is 25.9 Å². The Balaban J connectivity index is 1.50. The number of anilines is 3. The molecule has 2 heterocycles. The molecule has 0 spiro atoms. The van der Waals surface area contributed by atoms with Gasteiger partial charge in [0.25, 0.3) is 0 Å². The van der Waals surface area contributed by atoms with Crippen LogP contribution in [0.5, 0.6) is 11.5 Å². The van der Waals surface area contributed by atoms with Crippen LogP contribution in [0.25, 0.3) is 6.08 Å². The number of alkyl halides is 3. The molecule has 14 heteroatoms. The smallest absolute Gasteiger partial charge is 0.416 e. The summed E-state index contributed by atoms with van der Waals surface area (Å²) in [6.45, 7) is 0.472. The Morgan fingerprint density at radius 2 is 2.00 bits per heavy atom. The van der Waals surface area contributed by atoms with Crippen molar-refractivity contribution >= 4 is 51.7 Å². The van der Waals surface area contributed by atoms with Gasteiger partial charge in [-0.05, 0) is 48.9 Å². The second kappa shape index (κ2) is 13.1. The van der Waals surface area contributed by atoms with E-state index in [9.17, 15) is 22.2 Å². The van der Waals surface area contributed by atoms with Crippen LogP contribution < -0.4 is 20.7 Å². The molecule has 1 unspecified atom stereocenters. The highest BCUT2D eigenvalue weighted by Gasteiger charge is 2.30. The summed E-state index contributed by atoms with van der Waals surface area (Å²) in [4.78, 5) is 21.3. The van der Waals surface area contributed by atoms with Crippen LogP contribution in [0.4, 0.5) is 30.5 Å². The van der Waals surface area contributed by atoms with Crippen molar-refractivity contribution in [3.63, 3.8) is 0 Å². The van der Waals surface area contributed by atoms with Gasteiger partial charge in [-0.15, -0.1) is 0 Å². The number of fused-ring (bicyclic) bond motifs is 1. The summed E-state index contributed by atoms with van der Waals surface area (Å²) in [5.41, 5.74) is 0.682. The number of carbonyl (C=O) groups is 1. The summed E-state index contributed by atoms with van der Waals surface area (Å²) in [5, 5.41) is 18.1. The lowest BCUT2D eigenvalue weighted by atomic mass is 10.1. The lowest BCUT2D eigenvalue weighted by Gasteiger charge is -2.14. The van der Waals surface area contributed by atoms with E-state index in [1.165, 1.54) is 30.6 Å². The Morgan fingerprint density at radius 3 is 2.75 bits per heavy atom. The number of nitrogens with zero attached hydrogens (tertiary/aromatic N) is 2. The van der Waals surface area contributed by atoms with Crippen LogP contribution >= 0.6 is 11.6 Å². The molecular weight excluding hydrogens is 571 g/mol. The Bertz CT molecular complexity index is 1440. The number of amides is 1. The van der Waals surface area contributed by atoms with Crippen molar-refractivity contribution in [2.75, 3.05) is 41.8 Å². The Kier molecular flexibility index (Phi) is 9.61. The van der Waals surface area contributed by atoms with Gasteiger partial charge in [0.05, 0.1) is 22.8 Å². The van der Waals surface area contributed by atoms with E-state index in [0.717, 1.165) is 12.1 Å². The van der Waals surface area contributed by atoms with Gasteiger partial charge in [0, 0.05) is 46.7 Å². The summed E-state index contributed by atoms with van der Waals surface area (Å²) < 4.78 is 56.4. The number of aromatic nitrogens is 2. The maximum Gasteiger partial charge on any atom is 0.416 e. The van der Waals surface area contributed by atoms with Gasteiger partial charge in [0.1, 0.15) is 29.5 Å². The van der Waals surface area contributed by atoms with Crippen molar-refractivity contribution in [1.29, 1.82) is 0 Å². The normalized spacial score (nSPS) is 13.8. The van der Waals surface area contributed by atoms with E-state index >= 15 is 0 Å². The van der Waals surface area contributed by atoms with Gasteiger partial charge < -0.3 is 25.8 Å². The second-order valence-corrected chi connectivity index (χ2v) is 10.7. The molecule has 1 aromatic heterocycles. The molecular formula is C26H25ClF3N5O4S. The van der Waals surface area contributed by atoms with Crippen molar-refractivity contribution < 1.29 is 32.0 Å². The molecule has 0 saturated heterocycles. The molecule has 212 valence electrons. The first kappa shape index (κ1) is 29.3. The molecule has 0 aliphatic carbocycles. The fourth-order valence-corrected chi connectivity index (χ4v) is 4.73. The maximum atomic E-state index is 13.0. The highest BCUT2D eigenvalue weighted by molar-refractivity contribution is 7.85. The van der Waals surface area contributed by atoms with Gasteiger partial charge in [0.15, 0.2) is 0 Å². The monoisotopic (exact) mass is 595 g/mol. The second-order valence-electron chi connectivity index (χ2n) is 8.56. The van der Waals surface area contributed by atoms with E-state index in [4.69, 9.17) is 21.4 Å². The van der Waals surface area contributed by atoms with Crippen LogP contribution in [0.15, 0.2) is 54.4 Å². The number of benzene rings is 2. The minimum Gasteiger partial charge on any atom is -0.456 e.